The number of halogens is 1. The van der Waals surface area contributed by atoms with E-state index >= 15 is 0 Å². The smallest absolute Gasteiger partial charge is 0.133 e. The number of rotatable bonds is 7. The van der Waals surface area contributed by atoms with Crippen LogP contribution in [0.5, 0.6) is 5.75 Å². The van der Waals surface area contributed by atoms with Gasteiger partial charge in [-0.15, -0.1) is 0 Å². The molecule has 0 heterocycles. The highest BCUT2D eigenvalue weighted by Crippen LogP contribution is 2.24. The Hall–Kier alpha value is -0.850. The van der Waals surface area contributed by atoms with E-state index in [0.29, 0.717) is 0 Å². The quantitative estimate of drug-likeness (QED) is 0.547. The summed E-state index contributed by atoms with van der Waals surface area (Å²) in [5.41, 5.74) is 1.13. The third-order valence-electron chi connectivity index (χ3n) is 2.24. The second kappa shape index (κ2) is 8.27. The van der Waals surface area contributed by atoms with Gasteiger partial charge in [0.25, 0.3) is 0 Å². The van der Waals surface area contributed by atoms with Crippen LogP contribution in [-0.2, 0) is 6.42 Å². The predicted octanol–water partition coefficient (Wildman–Crippen LogP) is 4.28. The number of ether oxygens (including phenoxy) is 1. The number of hydrogen-bond donors (Lipinski definition) is 0. The molecule has 0 saturated carbocycles. The van der Waals surface area contributed by atoms with E-state index in [1.165, 1.54) is 11.8 Å². The summed E-state index contributed by atoms with van der Waals surface area (Å²) in [5, 5.41) is 11.3. The highest BCUT2D eigenvalue weighted by molar-refractivity contribution is 8.03. The minimum Gasteiger partial charge on any atom is -0.493 e. The molecule has 1 aromatic rings. The summed E-state index contributed by atoms with van der Waals surface area (Å²) in [6.07, 6.45) is 2.85. The lowest BCUT2D eigenvalue weighted by molar-refractivity contribution is 0.314. The van der Waals surface area contributed by atoms with Gasteiger partial charge in [-0.2, -0.15) is 5.26 Å². The van der Waals surface area contributed by atoms with E-state index in [1.54, 1.807) is 0 Å². The van der Waals surface area contributed by atoms with E-state index < -0.39 is 0 Å². The highest BCUT2D eigenvalue weighted by Gasteiger charge is 2.04. The lowest BCUT2D eigenvalue weighted by Gasteiger charge is -2.11. The number of thiocyanates is 1. The summed E-state index contributed by atoms with van der Waals surface area (Å²) < 4.78 is 5.67. The molecule has 1 aromatic carbocycles. The first-order valence-electron chi connectivity index (χ1n) is 5.70. The van der Waals surface area contributed by atoms with Crippen molar-refractivity contribution >= 4 is 23.4 Å². The van der Waals surface area contributed by atoms with Gasteiger partial charge in [0.05, 0.1) is 6.61 Å². The molecule has 92 valence electrons. The summed E-state index contributed by atoms with van der Waals surface area (Å²) in [5.74, 6) is 1.76. The van der Waals surface area contributed by atoms with Crippen molar-refractivity contribution in [1.82, 2.24) is 0 Å². The molecule has 0 bridgehead atoms. The summed E-state index contributed by atoms with van der Waals surface area (Å²) in [4.78, 5) is 0. The Morgan fingerprint density at radius 3 is 3.00 bits per heavy atom. The van der Waals surface area contributed by atoms with Gasteiger partial charge in [-0.1, -0.05) is 18.5 Å². The highest BCUT2D eigenvalue weighted by atomic mass is 35.5. The Bertz CT molecular complexity index is 389. The van der Waals surface area contributed by atoms with Crippen molar-refractivity contribution in [2.45, 2.75) is 26.2 Å². The van der Waals surface area contributed by atoms with Gasteiger partial charge in [-0.25, -0.2) is 0 Å². The van der Waals surface area contributed by atoms with Crippen molar-refractivity contribution in [3.63, 3.8) is 0 Å². The number of aryl methyl sites for hydroxylation is 1. The van der Waals surface area contributed by atoms with Gasteiger partial charge < -0.3 is 4.74 Å². The Morgan fingerprint density at radius 2 is 2.29 bits per heavy atom. The van der Waals surface area contributed by atoms with Crippen LogP contribution in [0.15, 0.2) is 18.2 Å². The second-order valence-corrected chi connectivity index (χ2v) is 4.96. The third kappa shape index (κ3) is 5.34. The summed E-state index contributed by atoms with van der Waals surface area (Å²) in [7, 11) is 0. The standard InChI is InChI=1S/C13H16ClNOS/c1-2-7-16-13-6-5-12(14)9-11(13)4-3-8-17-10-15/h5-6,9H,2-4,7-8H2,1H3. The number of thioether (sulfide) groups is 1. The molecule has 0 spiro atoms. The first-order valence-corrected chi connectivity index (χ1v) is 7.06. The molecule has 0 amide bonds. The van der Waals surface area contributed by atoms with Crippen LogP contribution in [-0.4, -0.2) is 12.4 Å². The molecule has 0 radical (unpaired) electrons. The van der Waals surface area contributed by atoms with Crippen molar-refractivity contribution < 1.29 is 4.74 Å². The number of hydrogen-bond acceptors (Lipinski definition) is 3. The molecule has 0 aromatic heterocycles. The molecule has 0 saturated heterocycles. The average molecular weight is 270 g/mol. The average Bonchev–Trinajstić information content (AvgIpc) is 2.33. The Kier molecular flexibility index (Phi) is 6.91. The van der Waals surface area contributed by atoms with Crippen LogP contribution < -0.4 is 4.74 Å². The van der Waals surface area contributed by atoms with Crippen LogP contribution in [0.1, 0.15) is 25.3 Å². The van der Waals surface area contributed by atoms with Crippen LogP contribution in [0.4, 0.5) is 0 Å². The Morgan fingerprint density at radius 1 is 1.47 bits per heavy atom. The van der Waals surface area contributed by atoms with E-state index in [9.17, 15) is 0 Å². The largest absolute Gasteiger partial charge is 0.493 e. The minimum absolute atomic E-state index is 0.724. The molecule has 0 atom stereocenters. The summed E-state index contributed by atoms with van der Waals surface area (Å²) in [6.45, 7) is 2.81. The molecule has 0 aliphatic rings. The van der Waals surface area contributed by atoms with Crippen LogP contribution in [0, 0.1) is 10.7 Å². The van der Waals surface area contributed by atoms with E-state index in [-0.39, 0.29) is 0 Å². The molecule has 0 aliphatic carbocycles. The maximum atomic E-state index is 8.45. The van der Waals surface area contributed by atoms with Gasteiger partial charge >= 0.3 is 0 Å². The van der Waals surface area contributed by atoms with Crippen molar-refractivity contribution in [3.05, 3.63) is 28.8 Å². The number of benzene rings is 1. The summed E-state index contributed by atoms with van der Waals surface area (Å²) in [6, 6.07) is 5.72. The van der Waals surface area contributed by atoms with Gasteiger partial charge in [-0.05, 0) is 54.8 Å². The number of nitrogens with zero attached hydrogens (tertiary/aromatic N) is 1. The molecule has 0 aliphatic heterocycles. The van der Waals surface area contributed by atoms with E-state index in [1.807, 2.05) is 18.2 Å². The lowest BCUT2D eigenvalue weighted by Crippen LogP contribution is -1.99. The zero-order chi connectivity index (χ0) is 12.5. The maximum absolute atomic E-state index is 8.45. The van der Waals surface area contributed by atoms with Gasteiger partial charge in [-0.3, -0.25) is 0 Å². The van der Waals surface area contributed by atoms with Gasteiger partial charge in [0.1, 0.15) is 11.2 Å². The SMILES string of the molecule is CCCOc1ccc(Cl)cc1CCCSC#N. The lowest BCUT2D eigenvalue weighted by atomic mass is 10.1. The second-order valence-electron chi connectivity index (χ2n) is 3.64. The van der Waals surface area contributed by atoms with Gasteiger partial charge in [0.2, 0.25) is 0 Å². The van der Waals surface area contributed by atoms with Crippen molar-refractivity contribution in [2.24, 2.45) is 0 Å². The zero-order valence-corrected chi connectivity index (χ0v) is 11.5. The van der Waals surface area contributed by atoms with Gasteiger partial charge in [0.15, 0.2) is 0 Å². The van der Waals surface area contributed by atoms with Crippen molar-refractivity contribution in [2.75, 3.05) is 12.4 Å². The Labute approximate surface area is 112 Å². The fraction of sp³-hybridized carbons (Fsp3) is 0.462. The molecule has 0 unspecified atom stereocenters. The van der Waals surface area contributed by atoms with E-state index in [2.05, 4.69) is 12.3 Å². The molecular formula is C13H16ClNOS. The molecule has 0 N–H and O–H groups in total. The maximum Gasteiger partial charge on any atom is 0.133 e. The third-order valence-corrected chi connectivity index (χ3v) is 3.10. The Balaban J connectivity index is 2.60. The molecule has 2 nitrogen and oxygen atoms in total. The van der Waals surface area contributed by atoms with Crippen molar-refractivity contribution in [3.8, 4) is 11.2 Å². The molecular weight excluding hydrogens is 254 g/mol. The van der Waals surface area contributed by atoms with E-state index in [4.69, 9.17) is 21.6 Å². The molecule has 17 heavy (non-hydrogen) atoms. The normalized spacial score (nSPS) is 9.94. The molecule has 4 heteroatoms. The van der Waals surface area contributed by atoms with Gasteiger partial charge in [0, 0.05) is 10.8 Å². The van der Waals surface area contributed by atoms with Crippen LogP contribution >= 0.6 is 23.4 Å². The fourth-order valence-corrected chi connectivity index (χ4v) is 2.05. The fourth-order valence-electron chi connectivity index (χ4n) is 1.48. The first kappa shape index (κ1) is 14.2. The molecule has 1 rings (SSSR count). The molecule has 0 fully saturated rings. The topological polar surface area (TPSA) is 33.0 Å². The van der Waals surface area contributed by atoms with Crippen LogP contribution in [0.25, 0.3) is 0 Å². The van der Waals surface area contributed by atoms with Crippen LogP contribution in [0.2, 0.25) is 5.02 Å². The minimum atomic E-state index is 0.724. The zero-order valence-electron chi connectivity index (χ0n) is 9.91. The first-order chi connectivity index (χ1) is 8.27. The summed E-state index contributed by atoms with van der Waals surface area (Å²) >= 11 is 7.26. The predicted molar refractivity (Wildman–Crippen MR) is 73.6 cm³/mol. The van der Waals surface area contributed by atoms with E-state index in [0.717, 1.165) is 48.0 Å². The van der Waals surface area contributed by atoms with Crippen molar-refractivity contribution in [1.29, 1.82) is 5.26 Å². The number of nitriles is 1. The monoisotopic (exact) mass is 269 g/mol. The van der Waals surface area contributed by atoms with Crippen LogP contribution in [0.3, 0.4) is 0 Å².